The van der Waals surface area contributed by atoms with Crippen molar-refractivity contribution in [3.63, 3.8) is 0 Å². The molecule has 0 aliphatic heterocycles. The van der Waals surface area contributed by atoms with Crippen molar-refractivity contribution in [3.05, 3.63) is 24.3 Å². The van der Waals surface area contributed by atoms with Gasteiger partial charge in [0.05, 0.1) is 0 Å². The minimum absolute atomic E-state index is 0.207. The molecule has 0 fully saturated rings. The molecule has 1 rings (SSSR count). The summed E-state index contributed by atoms with van der Waals surface area (Å²) in [6, 6.07) is 6.16. The average molecular weight is 294 g/mol. The second-order valence-corrected chi connectivity index (χ2v) is 6.59. The van der Waals surface area contributed by atoms with Crippen LogP contribution in [0, 0.1) is 0 Å². The van der Waals surface area contributed by atoms with Crippen LogP contribution in [0.3, 0.4) is 0 Å². The van der Waals surface area contributed by atoms with Crippen LogP contribution in [0.25, 0.3) is 0 Å². The summed E-state index contributed by atoms with van der Waals surface area (Å²) in [5, 5.41) is 2.45. The molecule has 0 spiro atoms. The van der Waals surface area contributed by atoms with Gasteiger partial charge < -0.3 is 0 Å². The van der Waals surface area contributed by atoms with Crippen LogP contribution in [0.2, 0.25) is 0 Å². The number of hydrogen-bond acceptors (Lipinski definition) is 3. The van der Waals surface area contributed by atoms with Crippen molar-refractivity contribution in [2.75, 3.05) is 11.6 Å². The molecule has 4 N–H and O–H groups in total. The zero-order chi connectivity index (χ0) is 11.5. The van der Waals surface area contributed by atoms with Gasteiger partial charge in [0, 0.05) is 0 Å². The topological polar surface area (TPSA) is 107 Å². The molecule has 0 saturated carbocycles. The van der Waals surface area contributed by atoms with Crippen molar-refractivity contribution < 1.29 is 22.2 Å². The van der Waals surface area contributed by atoms with Crippen LogP contribution >= 0.6 is 7.60 Å². The SMILES string of the molecule is O=[As](O)c1ccccc1NCP(=O)(O)O. The van der Waals surface area contributed by atoms with Gasteiger partial charge in [0.15, 0.2) is 0 Å². The van der Waals surface area contributed by atoms with Crippen molar-refractivity contribution >= 4 is 32.6 Å². The van der Waals surface area contributed by atoms with Crippen molar-refractivity contribution in [2.24, 2.45) is 0 Å². The first-order valence-electron chi connectivity index (χ1n) is 3.94. The summed E-state index contributed by atoms with van der Waals surface area (Å²) < 4.78 is 30.7. The second kappa shape index (κ2) is 5.01. The van der Waals surface area contributed by atoms with Crippen LogP contribution < -0.4 is 9.67 Å². The summed E-state index contributed by atoms with van der Waals surface area (Å²) in [5.41, 5.74) is 0.290. The van der Waals surface area contributed by atoms with Gasteiger partial charge in [-0.25, -0.2) is 0 Å². The van der Waals surface area contributed by atoms with E-state index in [1.807, 2.05) is 0 Å². The van der Waals surface area contributed by atoms with E-state index in [0.717, 1.165) is 0 Å². The fourth-order valence-electron chi connectivity index (χ4n) is 0.978. The van der Waals surface area contributed by atoms with Crippen LogP contribution in [0.4, 0.5) is 5.69 Å². The third-order valence-electron chi connectivity index (χ3n) is 1.59. The number of para-hydroxylation sites is 1. The summed E-state index contributed by atoms with van der Waals surface area (Å²) >= 11 is -3.28. The Morgan fingerprint density at radius 1 is 1.33 bits per heavy atom. The van der Waals surface area contributed by atoms with E-state index >= 15 is 0 Å². The Morgan fingerprint density at radius 2 is 1.93 bits per heavy atom. The van der Waals surface area contributed by atoms with Crippen LogP contribution in [0.1, 0.15) is 0 Å². The van der Waals surface area contributed by atoms with Crippen LogP contribution in [0.15, 0.2) is 24.3 Å². The van der Waals surface area contributed by atoms with Gasteiger partial charge in [-0.3, -0.25) is 0 Å². The average Bonchev–Trinajstić information content (AvgIpc) is 2.14. The van der Waals surface area contributed by atoms with E-state index in [0.29, 0.717) is 5.69 Å². The maximum absolute atomic E-state index is 10.9. The van der Waals surface area contributed by atoms with E-state index in [4.69, 9.17) is 13.9 Å². The van der Waals surface area contributed by atoms with Crippen molar-refractivity contribution in [1.29, 1.82) is 0 Å². The third kappa shape index (κ3) is 4.24. The van der Waals surface area contributed by atoms with Crippen LogP contribution in [-0.2, 0) is 8.30 Å². The van der Waals surface area contributed by atoms with Crippen molar-refractivity contribution in [2.45, 2.75) is 0 Å². The molecule has 0 saturated heterocycles. The van der Waals surface area contributed by atoms with E-state index in [9.17, 15) is 8.30 Å². The number of hydrogen-bond donors (Lipinski definition) is 4. The van der Waals surface area contributed by atoms with Gasteiger partial charge in [-0.2, -0.15) is 0 Å². The number of anilines is 1. The van der Waals surface area contributed by atoms with Crippen molar-refractivity contribution in [1.82, 2.24) is 0 Å². The Bertz CT molecular complexity index is 418. The Labute approximate surface area is 90.9 Å². The quantitative estimate of drug-likeness (QED) is 0.434. The summed E-state index contributed by atoms with van der Waals surface area (Å²) in [4.78, 5) is 17.3. The van der Waals surface area contributed by atoms with E-state index in [-0.39, 0.29) is 4.35 Å². The zero-order valence-corrected chi connectivity index (χ0v) is 10.3. The molecule has 0 amide bonds. The number of benzene rings is 1. The summed E-state index contributed by atoms with van der Waals surface area (Å²) in [7, 11) is -4.16. The number of nitrogens with one attached hydrogen (secondary N) is 1. The predicted molar refractivity (Wildman–Crippen MR) is 55.3 cm³/mol. The molecular formula is C7H10AsNO5P. The van der Waals surface area contributed by atoms with Gasteiger partial charge >= 0.3 is 90.6 Å². The fraction of sp³-hybridized carbons (Fsp3) is 0.143. The standard InChI is InChI=1S/C7H10AsNO5P/c10-8(11)6-3-1-2-4-7(6)9-5-15(12,13)14/h1-4,9H,5H2,(H,10,11)(H2,12,13,14). The third-order valence-corrected chi connectivity index (χ3v) is 3.84. The molecule has 83 valence electrons. The van der Waals surface area contributed by atoms with Crippen LogP contribution in [-0.4, -0.2) is 35.1 Å². The zero-order valence-electron chi connectivity index (χ0n) is 7.57. The summed E-state index contributed by atoms with van der Waals surface area (Å²) in [6.07, 6.45) is -0.549. The first-order chi connectivity index (χ1) is 6.90. The first kappa shape index (κ1) is 12.6. The van der Waals surface area contributed by atoms with Gasteiger partial charge in [-0.05, 0) is 0 Å². The molecule has 1 radical (unpaired) electrons. The molecule has 8 heteroatoms. The number of rotatable bonds is 4. The molecule has 0 bridgehead atoms. The van der Waals surface area contributed by atoms with E-state index in [1.165, 1.54) is 12.1 Å². The molecule has 0 aromatic heterocycles. The molecular weight excluding hydrogens is 284 g/mol. The van der Waals surface area contributed by atoms with Gasteiger partial charge in [0.2, 0.25) is 0 Å². The Morgan fingerprint density at radius 3 is 2.47 bits per heavy atom. The molecule has 15 heavy (non-hydrogen) atoms. The maximum atomic E-state index is 10.9. The van der Waals surface area contributed by atoms with E-state index in [1.54, 1.807) is 12.1 Å². The van der Waals surface area contributed by atoms with Gasteiger partial charge in [-0.15, -0.1) is 0 Å². The molecule has 0 aliphatic rings. The molecule has 1 unspecified atom stereocenters. The monoisotopic (exact) mass is 294 g/mol. The van der Waals surface area contributed by atoms with Gasteiger partial charge in [0.1, 0.15) is 0 Å². The molecule has 0 heterocycles. The van der Waals surface area contributed by atoms with E-state index < -0.39 is 28.8 Å². The molecule has 1 aromatic rings. The van der Waals surface area contributed by atoms with Gasteiger partial charge in [0.25, 0.3) is 0 Å². The second-order valence-electron chi connectivity index (χ2n) is 2.79. The molecule has 1 aromatic carbocycles. The van der Waals surface area contributed by atoms with Gasteiger partial charge in [-0.1, -0.05) is 0 Å². The molecule has 1 atom stereocenters. The fourth-order valence-corrected chi connectivity index (χ4v) is 2.56. The predicted octanol–water partition coefficient (Wildman–Crippen LogP) is -0.648. The Balaban J connectivity index is 2.85. The summed E-state index contributed by atoms with van der Waals surface area (Å²) in [6.45, 7) is 0. The molecule has 0 aliphatic carbocycles. The molecule has 6 nitrogen and oxygen atoms in total. The Kier molecular flexibility index (Phi) is 4.20. The Hall–Kier alpha value is -0.512. The van der Waals surface area contributed by atoms with Crippen LogP contribution in [0.5, 0.6) is 0 Å². The van der Waals surface area contributed by atoms with Crippen molar-refractivity contribution in [3.8, 4) is 0 Å². The van der Waals surface area contributed by atoms with E-state index in [2.05, 4.69) is 5.32 Å². The normalized spacial score (nSPS) is 12.3. The minimum atomic E-state index is -4.16. The first-order valence-corrected chi connectivity index (χ1v) is 8.28. The summed E-state index contributed by atoms with van der Waals surface area (Å²) in [5.74, 6) is 0.